The first-order valence-electron chi connectivity index (χ1n) is 8.56. The highest BCUT2D eigenvalue weighted by atomic mass is 16.6. The fourth-order valence-corrected chi connectivity index (χ4v) is 2.92. The van der Waals surface area contributed by atoms with Gasteiger partial charge in [0.2, 0.25) is 0 Å². The minimum absolute atomic E-state index is 0.134. The van der Waals surface area contributed by atoms with E-state index in [1.807, 2.05) is 52.8 Å². The molecule has 0 N–H and O–H groups in total. The normalized spacial score (nSPS) is 21.0. The zero-order valence-corrected chi connectivity index (χ0v) is 15.6. The predicted molar refractivity (Wildman–Crippen MR) is 96.6 cm³/mol. The topological polar surface area (TPSA) is 38.8 Å². The van der Waals surface area contributed by atoms with Crippen LogP contribution in [0.5, 0.6) is 0 Å². The van der Waals surface area contributed by atoms with Gasteiger partial charge in [0.25, 0.3) is 0 Å². The van der Waals surface area contributed by atoms with Gasteiger partial charge < -0.3 is 9.47 Å². The van der Waals surface area contributed by atoms with Crippen LogP contribution in [-0.4, -0.2) is 35.0 Å². The standard InChI is InChI=1S/C20H29NO3/c1-7-15(16-11-9-8-10-12-16)13-17-14-23-20(5,6)21(17)18(22)24-19(2,3)4/h8-13,17H,7,14H2,1-6H3. The van der Waals surface area contributed by atoms with E-state index >= 15 is 0 Å². The Morgan fingerprint density at radius 2 is 1.96 bits per heavy atom. The van der Waals surface area contributed by atoms with Crippen molar-refractivity contribution >= 4 is 11.7 Å². The number of rotatable bonds is 3. The van der Waals surface area contributed by atoms with Crippen molar-refractivity contribution in [1.82, 2.24) is 4.90 Å². The Balaban J connectivity index is 2.30. The molecule has 1 saturated heterocycles. The quantitative estimate of drug-likeness (QED) is 0.794. The Hall–Kier alpha value is -1.81. The second-order valence-electron chi connectivity index (χ2n) is 7.59. The zero-order chi connectivity index (χ0) is 18.0. The molecule has 0 radical (unpaired) electrons. The van der Waals surface area contributed by atoms with Gasteiger partial charge in [-0.05, 0) is 52.2 Å². The lowest BCUT2D eigenvalue weighted by atomic mass is 10.0. The fourth-order valence-electron chi connectivity index (χ4n) is 2.92. The van der Waals surface area contributed by atoms with Crippen LogP contribution in [0, 0.1) is 0 Å². The molecule has 0 spiro atoms. The van der Waals surface area contributed by atoms with E-state index in [2.05, 4.69) is 25.1 Å². The van der Waals surface area contributed by atoms with E-state index in [1.54, 1.807) is 4.90 Å². The Labute approximate surface area is 145 Å². The molecule has 1 atom stereocenters. The molecule has 1 aliphatic rings. The second kappa shape index (κ2) is 6.98. The molecule has 1 heterocycles. The van der Waals surface area contributed by atoms with Crippen molar-refractivity contribution in [3.05, 3.63) is 42.0 Å². The molecule has 0 aromatic heterocycles. The molecule has 0 aliphatic carbocycles. The third kappa shape index (κ3) is 4.38. The molecule has 24 heavy (non-hydrogen) atoms. The molecule has 132 valence electrons. The summed E-state index contributed by atoms with van der Waals surface area (Å²) in [5, 5.41) is 0. The van der Waals surface area contributed by atoms with E-state index < -0.39 is 11.3 Å². The number of nitrogens with zero attached hydrogens (tertiary/aromatic N) is 1. The maximum atomic E-state index is 12.7. The maximum Gasteiger partial charge on any atom is 0.413 e. The van der Waals surface area contributed by atoms with Gasteiger partial charge in [0.1, 0.15) is 11.3 Å². The Bertz CT molecular complexity index is 599. The monoisotopic (exact) mass is 331 g/mol. The van der Waals surface area contributed by atoms with Crippen molar-refractivity contribution in [1.29, 1.82) is 0 Å². The van der Waals surface area contributed by atoms with Crippen LogP contribution in [0.4, 0.5) is 4.79 Å². The fraction of sp³-hybridized carbons (Fsp3) is 0.550. The Kier molecular flexibility index (Phi) is 5.38. The minimum Gasteiger partial charge on any atom is -0.444 e. The SMILES string of the molecule is CCC(=CC1COC(C)(C)N1C(=O)OC(C)(C)C)c1ccccc1. The highest BCUT2D eigenvalue weighted by molar-refractivity contribution is 5.72. The van der Waals surface area contributed by atoms with Gasteiger partial charge >= 0.3 is 6.09 Å². The molecule has 1 aromatic rings. The summed E-state index contributed by atoms with van der Waals surface area (Å²) in [6.07, 6.45) is 2.69. The van der Waals surface area contributed by atoms with Crippen LogP contribution in [0.2, 0.25) is 0 Å². The lowest BCUT2D eigenvalue weighted by Crippen LogP contribution is -2.49. The molecule has 1 aliphatic heterocycles. The third-order valence-electron chi connectivity index (χ3n) is 4.03. The van der Waals surface area contributed by atoms with Gasteiger partial charge in [-0.3, -0.25) is 4.90 Å². The molecule has 1 aromatic carbocycles. The van der Waals surface area contributed by atoms with E-state index in [0.29, 0.717) is 6.61 Å². The summed E-state index contributed by atoms with van der Waals surface area (Å²) in [5.74, 6) is 0. The molecular weight excluding hydrogens is 302 g/mol. The lowest BCUT2D eigenvalue weighted by molar-refractivity contribution is -0.0610. The highest BCUT2D eigenvalue weighted by Crippen LogP contribution is 2.32. The summed E-state index contributed by atoms with van der Waals surface area (Å²) in [4.78, 5) is 14.4. The largest absolute Gasteiger partial charge is 0.444 e. The van der Waals surface area contributed by atoms with E-state index in [-0.39, 0.29) is 12.1 Å². The summed E-state index contributed by atoms with van der Waals surface area (Å²) < 4.78 is 11.4. The van der Waals surface area contributed by atoms with Crippen LogP contribution in [0.25, 0.3) is 5.57 Å². The lowest BCUT2D eigenvalue weighted by Gasteiger charge is -2.34. The van der Waals surface area contributed by atoms with E-state index in [0.717, 1.165) is 6.42 Å². The summed E-state index contributed by atoms with van der Waals surface area (Å²) in [6.45, 7) is 12.0. The number of hydrogen-bond donors (Lipinski definition) is 0. The first kappa shape index (κ1) is 18.5. The average molecular weight is 331 g/mol. The van der Waals surface area contributed by atoms with Gasteiger partial charge in [0.15, 0.2) is 0 Å². The van der Waals surface area contributed by atoms with Crippen molar-refractivity contribution in [3.8, 4) is 0 Å². The number of ether oxygens (including phenoxy) is 2. The molecule has 1 amide bonds. The molecule has 2 rings (SSSR count). The Morgan fingerprint density at radius 1 is 1.33 bits per heavy atom. The Morgan fingerprint density at radius 3 is 2.50 bits per heavy atom. The van der Waals surface area contributed by atoms with Crippen molar-refractivity contribution < 1.29 is 14.3 Å². The summed E-state index contributed by atoms with van der Waals surface area (Å²) in [6, 6.07) is 10.1. The zero-order valence-electron chi connectivity index (χ0n) is 15.6. The third-order valence-corrected chi connectivity index (χ3v) is 4.03. The first-order valence-corrected chi connectivity index (χ1v) is 8.56. The molecule has 0 saturated carbocycles. The molecule has 1 fully saturated rings. The highest BCUT2D eigenvalue weighted by Gasteiger charge is 2.44. The van der Waals surface area contributed by atoms with Gasteiger partial charge in [-0.2, -0.15) is 0 Å². The summed E-state index contributed by atoms with van der Waals surface area (Å²) in [5.41, 5.74) is 1.17. The van der Waals surface area contributed by atoms with Crippen LogP contribution >= 0.6 is 0 Å². The molecular formula is C20H29NO3. The van der Waals surface area contributed by atoms with Crippen LogP contribution < -0.4 is 0 Å². The number of allylic oxidation sites excluding steroid dienone is 1. The van der Waals surface area contributed by atoms with E-state index in [4.69, 9.17) is 9.47 Å². The van der Waals surface area contributed by atoms with Crippen molar-refractivity contribution in [2.24, 2.45) is 0 Å². The minimum atomic E-state index is -0.682. The second-order valence-corrected chi connectivity index (χ2v) is 7.59. The van der Waals surface area contributed by atoms with Gasteiger partial charge in [0.05, 0.1) is 12.6 Å². The number of carbonyl (C=O) groups is 1. The number of hydrogen-bond acceptors (Lipinski definition) is 3. The molecule has 4 heteroatoms. The maximum absolute atomic E-state index is 12.7. The van der Waals surface area contributed by atoms with Crippen molar-refractivity contribution in [3.63, 3.8) is 0 Å². The molecule has 4 nitrogen and oxygen atoms in total. The van der Waals surface area contributed by atoms with E-state index in [9.17, 15) is 4.79 Å². The molecule has 0 bridgehead atoms. The van der Waals surface area contributed by atoms with Crippen molar-refractivity contribution in [2.75, 3.05) is 6.61 Å². The van der Waals surface area contributed by atoms with Gasteiger partial charge in [-0.15, -0.1) is 0 Å². The average Bonchev–Trinajstić information content (AvgIpc) is 2.78. The van der Waals surface area contributed by atoms with Gasteiger partial charge in [-0.1, -0.05) is 43.3 Å². The van der Waals surface area contributed by atoms with Gasteiger partial charge in [0, 0.05) is 0 Å². The van der Waals surface area contributed by atoms with E-state index in [1.165, 1.54) is 11.1 Å². The van der Waals surface area contributed by atoms with Crippen LogP contribution in [0.1, 0.15) is 53.5 Å². The van der Waals surface area contributed by atoms with Gasteiger partial charge in [-0.25, -0.2) is 4.79 Å². The smallest absolute Gasteiger partial charge is 0.413 e. The number of benzene rings is 1. The summed E-state index contributed by atoms with van der Waals surface area (Å²) >= 11 is 0. The summed E-state index contributed by atoms with van der Waals surface area (Å²) in [7, 11) is 0. The number of amides is 1. The first-order chi connectivity index (χ1) is 11.1. The predicted octanol–water partition coefficient (Wildman–Crippen LogP) is 4.85. The van der Waals surface area contributed by atoms with Crippen LogP contribution in [0.15, 0.2) is 36.4 Å². The molecule has 1 unspecified atom stereocenters. The number of carbonyl (C=O) groups excluding carboxylic acids is 1. The van der Waals surface area contributed by atoms with Crippen LogP contribution in [-0.2, 0) is 9.47 Å². The van der Waals surface area contributed by atoms with Crippen LogP contribution in [0.3, 0.4) is 0 Å². The van der Waals surface area contributed by atoms with Crippen molar-refractivity contribution in [2.45, 2.75) is 65.3 Å².